The number of rotatable bonds is 8. The first-order valence-electron chi connectivity index (χ1n) is 5.82. The number of hydrogen-bond acceptors (Lipinski definition) is 3. The molecular formula is C13H20BrNO2. The zero-order chi connectivity index (χ0) is 12.5. The van der Waals surface area contributed by atoms with Crippen molar-refractivity contribution in [2.75, 3.05) is 33.4 Å². The number of nitrogens with one attached hydrogen (secondary N) is 1. The summed E-state index contributed by atoms with van der Waals surface area (Å²) in [5.41, 5.74) is 1.23. The van der Waals surface area contributed by atoms with Crippen molar-refractivity contribution in [3.63, 3.8) is 0 Å². The van der Waals surface area contributed by atoms with Crippen molar-refractivity contribution in [1.29, 1.82) is 0 Å². The molecule has 0 heterocycles. The van der Waals surface area contributed by atoms with E-state index < -0.39 is 0 Å². The van der Waals surface area contributed by atoms with E-state index in [1.807, 2.05) is 6.07 Å². The van der Waals surface area contributed by atoms with Crippen molar-refractivity contribution in [3.05, 3.63) is 28.2 Å². The fourth-order valence-corrected chi connectivity index (χ4v) is 2.01. The molecule has 0 aliphatic heterocycles. The number of aryl methyl sites for hydroxylation is 1. The maximum atomic E-state index is 5.68. The van der Waals surface area contributed by atoms with Gasteiger partial charge >= 0.3 is 0 Å². The third kappa shape index (κ3) is 6.05. The molecule has 1 aromatic rings. The Morgan fingerprint density at radius 2 is 2.06 bits per heavy atom. The van der Waals surface area contributed by atoms with Crippen molar-refractivity contribution in [3.8, 4) is 5.75 Å². The number of benzene rings is 1. The second-order valence-corrected chi connectivity index (χ2v) is 4.73. The molecule has 17 heavy (non-hydrogen) atoms. The summed E-state index contributed by atoms with van der Waals surface area (Å²) in [6.07, 6.45) is 0.990. The molecular weight excluding hydrogens is 282 g/mol. The molecule has 96 valence electrons. The third-order valence-corrected chi connectivity index (χ3v) is 2.95. The SMILES string of the molecule is COCCNCCCOc1ccc(C)cc1Br. The molecule has 0 aliphatic carbocycles. The molecule has 0 atom stereocenters. The highest BCUT2D eigenvalue weighted by Gasteiger charge is 2.00. The summed E-state index contributed by atoms with van der Waals surface area (Å²) in [6, 6.07) is 6.11. The van der Waals surface area contributed by atoms with Crippen molar-refractivity contribution in [2.24, 2.45) is 0 Å². The summed E-state index contributed by atoms with van der Waals surface area (Å²) < 4.78 is 11.6. The van der Waals surface area contributed by atoms with E-state index >= 15 is 0 Å². The summed E-state index contributed by atoms with van der Waals surface area (Å²) in [4.78, 5) is 0. The monoisotopic (exact) mass is 301 g/mol. The Kier molecular flexibility index (Phi) is 7.24. The fourth-order valence-electron chi connectivity index (χ4n) is 1.40. The Morgan fingerprint density at radius 3 is 2.76 bits per heavy atom. The Balaban J connectivity index is 2.14. The molecule has 0 aromatic heterocycles. The van der Waals surface area contributed by atoms with E-state index in [9.17, 15) is 0 Å². The van der Waals surface area contributed by atoms with E-state index in [0.29, 0.717) is 0 Å². The number of methoxy groups -OCH3 is 1. The molecule has 0 unspecified atom stereocenters. The highest BCUT2D eigenvalue weighted by atomic mass is 79.9. The average molecular weight is 302 g/mol. The first-order valence-corrected chi connectivity index (χ1v) is 6.62. The normalized spacial score (nSPS) is 10.5. The zero-order valence-electron chi connectivity index (χ0n) is 10.5. The highest BCUT2D eigenvalue weighted by molar-refractivity contribution is 9.10. The standard InChI is InChI=1S/C13H20BrNO2/c1-11-4-5-13(12(14)10-11)17-8-3-6-15-7-9-16-2/h4-5,10,15H,3,6-9H2,1-2H3. The minimum Gasteiger partial charge on any atom is -0.492 e. The van der Waals surface area contributed by atoms with E-state index in [4.69, 9.17) is 9.47 Å². The van der Waals surface area contributed by atoms with E-state index in [2.05, 4.69) is 40.3 Å². The maximum Gasteiger partial charge on any atom is 0.133 e. The first-order chi connectivity index (χ1) is 8.24. The molecule has 4 heteroatoms. The van der Waals surface area contributed by atoms with Crippen LogP contribution in [0, 0.1) is 6.92 Å². The lowest BCUT2D eigenvalue weighted by atomic mass is 10.2. The van der Waals surface area contributed by atoms with Gasteiger partial charge in [0.2, 0.25) is 0 Å². The zero-order valence-corrected chi connectivity index (χ0v) is 12.0. The highest BCUT2D eigenvalue weighted by Crippen LogP contribution is 2.25. The maximum absolute atomic E-state index is 5.68. The molecule has 0 bridgehead atoms. The van der Waals surface area contributed by atoms with Crippen molar-refractivity contribution in [1.82, 2.24) is 5.32 Å². The molecule has 0 saturated heterocycles. The van der Waals surface area contributed by atoms with Crippen molar-refractivity contribution < 1.29 is 9.47 Å². The summed E-state index contributed by atoms with van der Waals surface area (Å²) in [7, 11) is 1.71. The predicted octanol–water partition coefficient (Wildman–Crippen LogP) is 2.76. The minimum absolute atomic E-state index is 0.724. The number of ether oxygens (including phenoxy) is 2. The van der Waals surface area contributed by atoms with E-state index in [0.717, 1.165) is 42.9 Å². The molecule has 1 rings (SSSR count). The second kappa shape index (κ2) is 8.50. The van der Waals surface area contributed by atoms with Crippen molar-refractivity contribution >= 4 is 15.9 Å². The molecule has 0 saturated carbocycles. The quantitative estimate of drug-likeness (QED) is 0.749. The van der Waals surface area contributed by atoms with E-state index in [1.165, 1.54) is 5.56 Å². The van der Waals surface area contributed by atoms with Gasteiger partial charge in [0.25, 0.3) is 0 Å². The van der Waals surface area contributed by atoms with Crippen LogP contribution in [0.25, 0.3) is 0 Å². The van der Waals surface area contributed by atoms with Gasteiger partial charge in [-0.1, -0.05) is 6.07 Å². The molecule has 1 aromatic carbocycles. The van der Waals surface area contributed by atoms with Gasteiger partial charge in [-0.15, -0.1) is 0 Å². The molecule has 0 radical (unpaired) electrons. The van der Waals surface area contributed by atoms with Crippen LogP contribution >= 0.6 is 15.9 Å². The van der Waals surface area contributed by atoms with Crippen LogP contribution in [0.4, 0.5) is 0 Å². The van der Waals surface area contributed by atoms with Gasteiger partial charge in [-0.2, -0.15) is 0 Å². The Morgan fingerprint density at radius 1 is 1.24 bits per heavy atom. The number of hydrogen-bond donors (Lipinski definition) is 1. The topological polar surface area (TPSA) is 30.5 Å². The Bertz CT molecular complexity index is 331. The molecule has 0 spiro atoms. The summed E-state index contributed by atoms with van der Waals surface area (Å²) >= 11 is 3.49. The first kappa shape index (κ1) is 14.5. The van der Waals surface area contributed by atoms with Crippen LogP contribution in [0.2, 0.25) is 0 Å². The number of halogens is 1. The smallest absolute Gasteiger partial charge is 0.133 e. The minimum atomic E-state index is 0.724. The summed E-state index contributed by atoms with van der Waals surface area (Å²) in [5.74, 6) is 0.910. The summed E-state index contributed by atoms with van der Waals surface area (Å²) in [6.45, 7) is 5.39. The van der Waals surface area contributed by atoms with Crippen LogP contribution in [0.15, 0.2) is 22.7 Å². The second-order valence-electron chi connectivity index (χ2n) is 3.88. The van der Waals surface area contributed by atoms with E-state index in [-0.39, 0.29) is 0 Å². The van der Waals surface area contributed by atoms with Gasteiger partial charge in [-0.3, -0.25) is 0 Å². The van der Waals surface area contributed by atoms with Gasteiger partial charge in [0.1, 0.15) is 5.75 Å². The van der Waals surface area contributed by atoms with Gasteiger partial charge in [0.05, 0.1) is 17.7 Å². The van der Waals surface area contributed by atoms with Gasteiger partial charge in [-0.25, -0.2) is 0 Å². The summed E-state index contributed by atoms with van der Waals surface area (Å²) in [5, 5.41) is 3.28. The molecule has 0 aliphatic rings. The Labute approximate surface area is 112 Å². The molecule has 0 fully saturated rings. The lowest BCUT2D eigenvalue weighted by Gasteiger charge is -2.09. The van der Waals surface area contributed by atoms with Crippen LogP contribution in [-0.2, 0) is 4.74 Å². The lowest BCUT2D eigenvalue weighted by Crippen LogP contribution is -2.21. The van der Waals surface area contributed by atoms with Crippen LogP contribution in [0.1, 0.15) is 12.0 Å². The van der Waals surface area contributed by atoms with Crippen LogP contribution in [0.3, 0.4) is 0 Å². The van der Waals surface area contributed by atoms with Gasteiger partial charge in [-0.05, 0) is 53.5 Å². The molecule has 1 N–H and O–H groups in total. The fraction of sp³-hybridized carbons (Fsp3) is 0.538. The third-order valence-electron chi connectivity index (χ3n) is 2.33. The molecule has 0 amide bonds. The Hall–Kier alpha value is -0.580. The molecule has 3 nitrogen and oxygen atoms in total. The van der Waals surface area contributed by atoms with Crippen LogP contribution in [-0.4, -0.2) is 33.4 Å². The predicted molar refractivity (Wildman–Crippen MR) is 73.7 cm³/mol. The van der Waals surface area contributed by atoms with Gasteiger partial charge in [0, 0.05) is 13.7 Å². The van der Waals surface area contributed by atoms with Gasteiger partial charge in [0.15, 0.2) is 0 Å². The van der Waals surface area contributed by atoms with Crippen LogP contribution < -0.4 is 10.1 Å². The van der Waals surface area contributed by atoms with Gasteiger partial charge < -0.3 is 14.8 Å². The van der Waals surface area contributed by atoms with Crippen molar-refractivity contribution in [2.45, 2.75) is 13.3 Å². The van der Waals surface area contributed by atoms with E-state index in [1.54, 1.807) is 7.11 Å². The average Bonchev–Trinajstić information content (AvgIpc) is 2.30. The lowest BCUT2D eigenvalue weighted by molar-refractivity contribution is 0.198. The van der Waals surface area contributed by atoms with Crippen LogP contribution in [0.5, 0.6) is 5.75 Å². The largest absolute Gasteiger partial charge is 0.492 e.